The fraction of sp³-hybridized carbons (Fsp3) is 0.400. The lowest BCUT2D eigenvalue weighted by Crippen LogP contribution is -2.14. The summed E-state index contributed by atoms with van der Waals surface area (Å²) in [5, 5.41) is 0. The van der Waals surface area contributed by atoms with Crippen molar-refractivity contribution in [3.05, 3.63) is 23.6 Å². The molecule has 0 aromatic carbocycles. The fourth-order valence-electron chi connectivity index (χ4n) is 2.07. The lowest BCUT2D eigenvalue weighted by atomic mass is 10.1. The van der Waals surface area contributed by atoms with Gasteiger partial charge >= 0.3 is 0 Å². The molecule has 78 valence electrons. The first kappa shape index (κ1) is 8.67. The molecule has 3 rings (SSSR count). The molecule has 2 N–H and O–H groups in total. The van der Waals surface area contributed by atoms with E-state index in [4.69, 9.17) is 10.2 Å². The van der Waals surface area contributed by atoms with E-state index >= 15 is 0 Å². The second kappa shape index (κ2) is 2.93. The van der Waals surface area contributed by atoms with Crippen molar-refractivity contribution in [2.24, 2.45) is 5.73 Å². The van der Waals surface area contributed by atoms with Gasteiger partial charge in [0, 0.05) is 19.9 Å². The zero-order chi connectivity index (χ0) is 10.4. The van der Waals surface area contributed by atoms with Crippen molar-refractivity contribution in [1.82, 2.24) is 14.5 Å². The van der Waals surface area contributed by atoms with Crippen LogP contribution in [0.15, 0.2) is 10.6 Å². The molecule has 2 aromatic heterocycles. The molecule has 0 aliphatic carbocycles. The van der Waals surface area contributed by atoms with Gasteiger partial charge in [0.05, 0.1) is 18.4 Å². The van der Waals surface area contributed by atoms with Gasteiger partial charge in [-0.2, -0.15) is 0 Å². The van der Waals surface area contributed by atoms with Crippen LogP contribution in [0.3, 0.4) is 0 Å². The Morgan fingerprint density at radius 1 is 1.60 bits per heavy atom. The first-order valence-corrected chi connectivity index (χ1v) is 5.00. The third-order valence-electron chi connectivity index (χ3n) is 2.73. The molecule has 0 radical (unpaired) electrons. The summed E-state index contributed by atoms with van der Waals surface area (Å²) in [5.74, 6) is 2.47. The number of hydrogen-bond acceptors (Lipinski definition) is 4. The lowest BCUT2D eigenvalue weighted by Gasteiger charge is -2.14. The van der Waals surface area contributed by atoms with E-state index in [-0.39, 0.29) is 0 Å². The quantitative estimate of drug-likeness (QED) is 0.748. The second-order valence-corrected chi connectivity index (χ2v) is 3.67. The molecule has 5 nitrogen and oxygen atoms in total. The van der Waals surface area contributed by atoms with Crippen molar-refractivity contribution in [3.63, 3.8) is 0 Å². The summed E-state index contributed by atoms with van der Waals surface area (Å²) in [6.45, 7) is 3.21. The number of nitrogens with two attached hydrogens (primary N) is 1. The van der Waals surface area contributed by atoms with Gasteiger partial charge in [-0.3, -0.25) is 0 Å². The number of fused-ring (bicyclic) bond motifs is 3. The Morgan fingerprint density at radius 2 is 2.47 bits per heavy atom. The van der Waals surface area contributed by atoms with Crippen molar-refractivity contribution in [2.45, 2.75) is 26.4 Å². The minimum atomic E-state index is 0.461. The van der Waals surface area contributed by atoms with E-state index < -0.39 is 0 Å². The summed E-state index contributed by atoms with van der Waals surface area (Å²) in [6, 6.07) is 0. The standard InChI is InChI=1S/C10H12N4O/c1-6-13-7-2-3-14-8(10(7)15-6)5-12-9(14)4-11/h5H,2-4,11H2,1H3. The van der Waals surface area contributed by atoms with Crippen LogP contribution in [0.4, 0.5) is 0 Å². The number of aryl methyl sites for hydroxylation is 2. The number of oxazole rings is 1. The molecule has 0 spiro atoms. The monoisotopic (exact) mass is 204 g/mol. The Morgan fingerprint density at radius 3 is 3.27 bits per heavy atom. The van der Waals surface area contributed by atoms with Crippen LogP contribution in [-0.4, -0.2) is 14.5 Å². The highest BCUT2D eigenvalue weighted by molar-refractivity contribution is 5.57. The van der Waals surface area contributed by atoms with Crippen molar-refractivity contribution in [2.75, 3.05) is 0 Å². The first-order valence-electron chi connectivity index (χ1n) is 5.00. The maximum absolute atomic E-state index is 5.61. The summed E-state index contributed by atoms with van der Waals surface area (Å²) >= 11 is 0. The van der Waals surface area contributed by atoms with Gasteiger partial charge in [0.2, 0.25) is 0 Å². The molecule has 0 bridgehead atoms. The average molecular weight is 204 g/mol. The largest absolute Gasteiger partial charge is 0.439 e. The molecule has 15 heavy (non-hydrogen) atoms. The number of imidazole rings is 1. The lowest BCUT2D eigenvalue weighted by molar-refractivity contribution is 0.520. The SMILES string of the molecule is Cc1nc2c(o1)-c1cnc(CN)n1CC2. The van der Waals surface area contributed by atoms with Crippen LogP contribution in [0.5, 0.6) is 0 Å². The maximum atomic E-state index is 5.61. The molecule has 5 heteroatoms. The molecule has 0 unspecified atom stereocenters. The molecule has 0 saturated carbocycles. The number of nitrogens with zero attached hydrogens (tertiary/aromatic N) is 3. The van der Waals surface area contributed by atoms with Gasteiger partial charge in [-0.25, -0.2) is 9.97 Å². The van der Waals surface area contributed by atoms with Gasteiger partial charge in [-0.15, -0.1) is 0 Å². The molecule has 2 aromatic rings. The van der Waals surface area contributed by atoms with Crippen LogP contribution < -0.4 is 5.73 Å². The minimum Gasteiger partial charge on any atom is -0.439 e. The van der Waals surface area contributed by atoms with E-state index in [2.05, 4.69) is 14.5 Å². The highest BCUT2D eigenvalue weighted by Gasteiger charge is 2.23. The van der Waals surface area contributed by atoms with E-state index in [9.17, 15) is 0 Å². The smallest absolute Gasteiger partial charge is 0.192 e. The van der Waals surface area contributed by atoms with Gasteiger partial charge in [0.15, 0.2) is 11.7 Å². The molecular weight excluding hydrogens is 192 g/mol. The Balaban J connectivity index is 2.21. The molecule has 0 fully saturated rings. The summed E-state index contributed by atoms with van der Waals surface area (Å²) in [4.78, 5) is 8.62. The van der Waals surface area contributed by atoms with Gasteiger partial charge in [-0.1, -0.05) is 0 Å². The Kier molecular flexibility index (Phi) is 1.70. The van der Waals surface area contributed by atoms with Crippen LogP contribution in [0.1, 0.15) is 17.4 Å². The van der Waals surface area contributed by atoms with Crippen LogP contribution in [0, 0.1) is 6.92 Å². The van der Waals surface area contributed by atoms with Crippen molar-refractivity contribution >= 4 is 0 Å². The normalized spacial score (nSPS) is 13.7. The van der Waals surface area contributed by atoms with Crippen molar-refractivity contribution in [1.29, 1.82) is 0 Å². The predicted molar refractivity (Wildman–Crippen MR) is 54.1 cm³/mol. The first-order chi connectivity index (χ1) is 7.29. The van der Waals surface area contributed by atoms with E-state index in [0.29, 0.717) is 12.4 Å². The fourth-order valence-corrected chi connectivity index (χ4v) is 2.07. The van der Waals surface area contributed by atoms with E-state index in [1.165, 1.54) is 0 Å². The summed E-state index contributed by atoms with van der Waals surface area (Å²) < 4.78 is 7.68. The zero-order valence-corrected chi connectivity index (χ0v) is 8.53. The molecule has 3 heterocycles. The average Bonchev–Trinajstić information content (AvgIpc) is 2.78. The minimum absolute atomic E-state index is 0.461. The van der Waals surface area contributed by atoms with Gasteiger partial charge in [0.25, 0.3) is 0 Å². The Bertz CT molecular complexity index is 511. The third kappa shape index (κ3) is 1.13. The summed E-state index contributed by atoms with van der Waals surface area (Å²) in [5.41, 5.74) is 7.64. The van der Waals surface area contributed by atoms with E-state index in [1.54, 1.807) is 0 Å². The second-order valence-electron chi connectivity index (χ2n) is 3.67. The zero-order valence-electron chi connectivity index (χ0n) is 8.53. The Labute approximate surface area is 86.9 Å². The molecule has 1 aliphatic heterocycles. The molecule has 0 amide bonds. The Hall–Kier alpha value is -1.62. The third-order valence-corrected chi connectivity index (χ3v) is 2.73. The topological polar surface area (TPSA) is 69.9 Å². The maximum Gasteiger partial charge on any atom is 0.192 e. The number of hydrogen-bond donors (Lipinski definition) is 1. The van der Waals surface area contributed by atoms with Crippen molar-refractivity contribution < 1.29 is 4.42 Å². The van der Waals surface area contributed by atoms with Crippen LogP contribution in [-0.2, 0) is 19.5 Å². The van der Waals surface area contributed by atoms with Crippen LogP contribution in [0.25, 0.3) is 11.5 Å². The molecule has 1 aliphatic rings. The summed E-state index contributed by atoms with van der Waals surface area (Å²) in [7, 11) is 0. The highest BCUT2D eigenvalue weighted by atomic mass is 16.4. The molecular formula is C10H12N4O. The van der Waals surface area contributed by atoms with E-state index in [0.717, 1.165) is 35.9 Å². The van der Waals surface area contributed by atoms with Crippen LogP contribution in [0.2, 0.25) is 0 Å². The van der Waals surface area contributed by atoms with E-state index in [1.807, 2.05) is 13.1 Å². The highest BCUT2D eigenvalue weighted by Crippen LogP contribution is 2.30. The van der Waals surface area contributed by atoms with Gasteiger partial charge < -0.3 is 14.7 Å². The van der Waals surface area contributed by atoms with Gasteiger partial charge in [-0.05, 0) is 0 Å². The van der Waals surface area contributed by atoms with Crippen molar-refractivity contribution in [3.8, 4) is 11.5 Å². The van der Waals surface area contributed by atoms with Gasteiger partial charge in [0.1, 0.15) is 11.5 Å². The predicted octanol–water partition coefficient (Wildman–Crippen LogP) is 0.861. The van der Waals surface area contributed by atoms with Crippen LogP contribution >= 0.6 is 0 Å². The molecule has 0 atom stereocenters. The number of rotatable bonds is 1. The number of aromatic nitrogens is 3. The molecule has 0 saturated heterocycles. The summed E-state index contributed by atoms with van der Waals surface area (Å²) in [6.07, 6.45) is 2.70.